The Morgan fingerprint density at radius 2 is 1.93 bits per heavy atom. The number of carbonyl (C=O) groups excluding carboxylic acids is 3. The lowest BCUT2D eigenvalue weighted by atomic mass is 10.1. The second-order valence-electron chi connectivity index (χ2n) is 5.35. The van der Waals surface area contributed by atoms with E-state index in [1.165, 1.54) is 23.5 Å². The standard InChI is InChI=1S/C19H18N2O5S/c1-3-14-9-15(19(24)25-4-2)17(27-14)21-16(22)11-26-18(23)13-7-5-6-12(8-13)10-20/h5-9H,3-4,11H2,1-2H3,(H,21,22). The minimum Gasteiger partial charge on any atom is -0.462 e. The van der Waals surface area contributed by atoms with Crippen LogP contribution in [0.4, 0.5) is 5.00 Å². The highest BCUT2D eigenvalue weighted by molar-refractivity contribution is 7.16. The summed E-state index contributed by atoms with van der Waals surface area (Å²) in [5.41, 5.74) is 0.775. The van der Waals surface area contributed by atoms with Crippen LogP contribution in [0.25, 0.3) is 0 Å². The van der Waals surface area contributed by atoms with Crippen LogP contribution in [0.3, 0.4) is 0 Å². The zero-order chi connectivity index (χ0) is 19.8. The average molecular weight is 386 g/mol. The number of ether oxygens (including phenoxy) is 2. The van der Waals surface area contributed by atoms with Gasteiger partial charge in [0.25, 0.3) is 5.91 Å². The summed E-state index contributed by atoms with van der Waals surface area (Å²) < 4.78 is 9.96. The second kappa shape index (κ2) is 9.50. The quantitative estimate of drug-likeness (QED) is 0.733. The number of nitrogens with zero attached hydrogens (tertiary/aromatic N) is 1. The molecule has 2 aromatic rings. The molecule has 0 aliphatic carbocycles. The maximum Gasteiger partial charge on any atom is 0.341 e. The minimum absolute atomic E-state index is 0.179. The number of esters is 2. The third-order valence-corrected chi connectivity index (χ3v) is 4.64. The number of hydrogen-bond donors (Lipinski definition) is 1. The van der Waals surface area contributed by atoms with Gasteiger partial charge in [0.05, 0.1) is 29.4 Å². The van der Waals surface area contributed by atoms with Crippen LogP contribution in [0.15, 0.2) is 30.3 Å². The van der Waals surface area contributed by atoms with Crippen LogP contribution >= 0.6 is 11.3 Å². The van der Waals surface area contributed by atoms with E-state index in [-0.39, 0.29) is 17.7 Å². The van der Waals surface area contributed by atoms with Gasteiger partial charge in [0.2, 0.25) is 0 Å². The molecule has 0 bridgehead atoms. The molecule has 1 heterocycles. The van der Waals surface area contributed by atoms with Gasteiger partial charge in [-0.2, -0.15) is 5.26 Å². The second-order valence-corrected chi connectivity index (χ2v) is 6.48. The van der Waals surface area contributed by atoms with E-state index in [1.54, 1.807) is 25.1 Å². The van der Waals surface area contributed by atoms with Crippen molar-refractivity contribution in [2.24, 2.45) is 0 Å². The Morgan fingerprint density at radius 1 is 1.15 bits per heavy atom. The van der Waals surface area contributed by atoms with Gasteiger partial charge in [0.15, 0.2) is 6.61 Å². The predicted molar refractivity (Wildman–Crippen MR) is 99.7 cm³/mol. The largest absolute Gasteiger partial charge is 0.462 e. The number of carbonyl (C=O) groups is 3. The summed E-state index contributed by atoms with van der Waals surface area (Å²) in [5, 5.41) is 11.8. The monoisotopic (exact) mass is 386 g/mol. The van der Waals surface area contributed by atoms with Gasteiger partial charge in [0.1, 0.15) is 5.00 Å². The van der Waals surface area contributed by atoms with E-state index in [4.69, 9.17) is 14.7 Å². The number of thiophene rings is 1. The van der Waals surface area contributed by atoms with E-state index in [2.05, 4.69) is 5.32 Å². The van der Waals surface area contributed by atoms with Crippen molar-refractivity contribution in [3.05, 3.63) is 51.9 Å². The molecule has 0 aliphatic rings. The number of rotatable bonds is 7. The normalized spacial score (nSPS) is 9.96. The number of nitrogens with one attached hydrogen (secondary N) is 1. The lowest BCUT2D eigenvalue weighted by molar-refractivity contribution is -0.119. The highest BCUT2D eigenvalue weighted by Gasteiger charge is 2.19. The molecule has 0 saturated heterocycles. The first kappa shape index (κ1) is 20.1. The highest BCUT2D eigenvalue weighted by Crippen LogP contribution is 2.29. The number of nitriles is 1. The molecule has 2 rings (SSSR count). The van der Waals surface area contributed by atoms with Crippen LogP contribution in [0.1, 0.15) is 45.0 Å². The van der Waals surface area contributed by atoms with E-state index >= 15 is 0 Å². The maximum absolute atomic E-state index is 12.1. The van der Waals surface area contributed by atoms with Crippen LogP contribution in [0.2, 0.25) is 0 Å². The van der Waals surface area contributed by atoms with Gasteiger partial charge in [-0.3, -0.25) is 4.79 Å². The topological polar surface area (TPSA) is 105 Å². The number of hydrogen-bond acceptors (Lipinski definition) is 7. The molecular weight excluding hydrogens is 368 g/mol. The molecule has 0 atom stereocenters. The lowest BCUT2D eigenvalue weighted by Crippen LogP contribution is -2.21. The predicted octanol–water partition coefficient (Wildman–Crippen LogP) is 3.15. The molecule has 1 aromatic carbocycles. The smallest absolute Gasteiger partial charge is 0.341 e. The van der Waals surface area contributed by atoms with Crippen LogP contribution in [-0.2, 0) is 20.7 Å². The van der Waals surface area contributed by atoms with Crippen molar-refractivity contribution in [2.75, 3.05) is 18.5 Å². The Kier molecular flexibility index (Phi) is 7.08. The number of anilines is 1. The van der Waals surface area contributed by atoms with Crippen molar-refractivity contribution in [2.45, 2.75) is 20.3 Å². The van der Waals surface area contributed by atoms with E-state index < -0.39 is 24.5 Å². The van der Waals surface area contributed by atoms with Gasteiger partial charge in [-0.25, -0.2) is 9.59 Å². The first-order valence-corrected chi connectivity index (χ1v) is 9.07. The Labute approximate surface area is 160 Å². The third kappa shape index (κ3) is 5.39. The first-order valence-electron chi connectivity index (χ1n) is 8.25. The Bertz CT molecular complexity index is 898. The lowest BCUT2D eigenvalue weighted by Gasteiger charge is -2.07. The summed E-state index contributed by atoms with van der Waals surface area (Å²) in [7, 11) is 0. The van der Waals surface area contributed by atoms with E-state index in [9.17, 15) is 14.4 Å². The fourth-order valence-corrected chi connectivity index (χ4v) is 3.16. The zero-order valence-corrected chi connectivity index (χ0v) is 15.7. The third-order valence-electron chi connectivity index (χ3n) is 3.44. The number of amides is 1. The molecule has 8 heteroatoms. The first-order chi connectivity index (χ1) is 13.0. The van der Waals surface area contributed by atoms with Crippen molar-refractivity contribution in [1.82, 2.24) is 0 Å². The van der Waals surface area contributed by atoms with Gasteiger partial charge in [-0.1, -0.05) is 13.0 Å². The SMILES string of the molecule is CCOC(=O)c1cc(CC)sc1NC(=O)COC(=O)c1cccc(C#N)c1. The summed E-state index contributed by atoms with van der Waals surface area (Å²) in [6, 6.07) is 9.59. The van der Waals surface area contributed by atoms with Crippen molar-refractivity contribution < 1.29 is 23.9 Å². The Morgan fingerprint density at radius 3 is 2.59 bits per heavy atom. The van der Waals surface area contributed by atoms with Crippen molar-refractivity contribution >= 4 is 34.2 Å². The van der Waals surface area contributed by atoms with Crippen molar-refractivity contribution in [1.29, 1.82) is 5.26 Å². The molecule has 1 N–H and O–H groups in total. The van der Waals surface area contributed by atoms with E-state index in [1.807, 2.05) is 13.0 Å². The van der Waals surface area contributed by atoms with Crippen LogP contribution in [-0.4, -0.2) is 31.1 Å². The highest BCUT2D eigenvalue weighted by atomic mass is 32.1. The summed E-state index contributed by atoms with van der Waals surface area (Å²) in [6.07, 6.45) is 0.706. The zero-order valence-electron chi connectivity index (χ0n) is 14.9. The number of benzene rings is 1. The van der Waals surface area contributed by atoms with Gasteiger partial charge in [0, 0.05) is 4.88 Å². The molecule has 140 valence electrons. The molecule has 7 nitrogen and oxygen atoms in total. The summed E-state index contributed by atoms with van der Waals surface area (Å²) in [6.45, 7) is 3.34. The Balaban J connectivity index is 2.01. The van der Waals surface area contributed by atoms with Gasteiger partial charge in [-0.15, -0.1) is 11.3 Å². The number of aryl methyl sites for hydroxylation is 1. The molecule has 0 spiro atoms. The maximum atomic E-state index is 12.1. The van der Waals surface area contributed by atoms with Crippen molar-refractivity contribution in [3.63, 3.8) is 0 Å². The van der Waals surface area contributed by atoms with Gasteiger partial charge in [-0.05, 0) is 37.6 Å². The fraction of sp³-hybridized carbons (Fsp3) is 0.263. The fourth-order valence-electron chi connectivity index (χ4n) is 2.16. The van der Waals surface area contributed by atoms with Gasteiger partial charge < -0.3 is 14.8 Å². The van der Waals surface area contributed by atoms with Gasteiger partial charge >= 0.3 is 11.9 Å². The van der Waals surface area contributed by atoms with E-state index in [0.717, 1.165) is 4.88 Å². The molecule has 1 amide bonds. The molecule has 27 heavy (non-hydrogen) atoms. The minimum atomic E-state index is -0.715. The van der Waals surface area contributed by atoms with Crippen molar-refractivity contribution in [3.8, 4) is 6.07 Å². The molecular formula is C19H18N2O5S. The molecule has 1 aromatic heterocycles. The Hall–Kier alpha value is -3.18. The molecule has 0 aliphatic heterocycles. The molecule has 0 radical (unpaired) electrons. The molecule has 0 unspecified atom stereocenters. The summed E-state index contributed by atoms with van der Waals surface area (Å²) >= 11 is 1.27. The average Bonchev–Trinajstić information content (AvgIpc) is 3.09. The van der Waals surface area contributed by atoms with Crippen LogP contribution in [0, 0.1) is 11.3 Å². The molecule has 0 saturated carbocycles. The summed E-state index contributed by atoms with van der Waals surface area (Å²) in [4.78, 5) is 37.0. The molecule has 0 fully saturated rings. The summed E-state index contributed by atoms with van der Waals surface area (Å²) in [5.74, 6) is -1.81. The van der Waals surface area contributed by atoms with Crippen LogP contribution in [0.5, 0.6) is 0 Å². The van der Waals surface area contributed by atoms with E-state index in [0.29, 0.717) is 17.0 Å². The van der Waals surface area contributed by atoms with Crippen LogP contribution < -0.4 is 5.32 Å².